The summed E-state index contributed by atoms with van der Waals surface area (Å²) in [6.07, 6.45) is 0. The number of furan rings is 1. The molecule has 0 aliphatic heterocycles. The second-order valence-corrected chi connectivity index (χ2v) is 5.04. The van der Waals surface area contributed by atoms with Gasteiger partial charge in [-0.1, -0.05) is 33.6 Å². The van der Waals surface area contributed by atoms with Crippen molar-refractivity contribution in [3.63, 3.8) is 0 Å². The first kappa shape index (κ1) is 12.5. The second kappa shape index (κ2) is 5.15. The molecule has 0 aliphatic carbocycles. The Labute approximate surface area is 114 Å². The topological polar surface area (TPSA) is 22.4 Å². The van der Waals surface area contributed by atoms with Crippen LogP contribution in [0.3, 0.4) is 0 Å². The number of benzene rings is 1. The third-order valence-corrected chi connectivity index (χ3v) is 3.65. The minimum Gasteiger partial charge on any atom is -0.496 e. The first-order valence-electron chi connectivity index (χ1n) is 5.15. The third kappa shape index (κ3) is 2.67. The molecule has 1 unspecified atom stereocenters. The highest BCUT2D eigenvalue weighted by Gasteiger charge is 2.18. The Morgan fingerprint density at radius 2 is 2.06 bits per heavy atom. The van der Waals surface area contributed by atoms with Gasteiger partial charge in [0.25, 0.3) is 0 Å². The zero-order chi connectivity index (χ0) is 12.4. The number of halogens is 2. The molecule has 0 fully saturated rings. The van der Waals surface area contributed by atoms with Crippen LogP contribution in [0.5, 0.6) is 5.75 Å². The molecular weight excluding hydrogens is 303 g/mol. The van der Waals surface area contributed by atoms with Crippen LogP contribution in [0, 0.1) is 6.92 Å². The molecule has 0 aliphatic rings. The lowest BCUT2D eigenvalue weighted by Crippen LogP contribution is -1.96. The van der Waals surface area contributed by atoms with Crippen molar-refractivity contribution in [2.75, 3.05) is 7.11 Å². The van der Waals surface area contributed by atoms with E-state index in [1.807, 2.05) is 25.1 Å². The molecule has 0 saturated carbocycles. The van der Waals surface area contributed by atoms with Crippen molar-refractivity contribution < 1.29 is 9.15 Å². The summed E-state index contributed by atoms with van der Waals surface area (Å²) < 4.78 is 10.7. The molecular formula is C13H12BrClO2. The standard InChI is InChI=1S/C13H12BrClO2/c1-8-3-4-10(16-2)9(7-8)13(14)11-5-6-12(15)17-11/h3-7,13H,1-2H3. The van der Waals surface area contributed by atoms with Crippen LogP contribution in [0.25, 0.3) is 0 Å². The summed E-state index contributed by atoms with van der Waals surface area (Å²) in [6, 6.07) is 9.60. The minimum absolute atomic E-state index is 0.0650. The highest BCUT2D eigenvalue weighted by molar-refractivity contribution is 9.09. The van der Waals surface area contributed by atoms with Crippen molar-refractivity contribution >= 4 is 27.5 Å². The fourth-order valence-electron chi connectivity index (χ4n) is 1.67. The van der Waals surface area contributed by atoms with E-state index >= 15 is 0 Å². The second-order valence-electron chi connectivity index (χ2n) is 3.75. The summed E-state index contributed by atoms with van der Waals surface area (Å²) in [5.41, 5.74) is 2.20. The van der Waals surface area contributed by atoms with Gasteiger partial charge in [-0.2, -0.15) is 0 Å². The van der Waals surface area contributed by atoms with Crippen LogP contribution >= 0.6 is 27.5 Å². The Morgan fingerprint density at radius 1 is 1.29 bits per heavy atom. The highest BCUT2D eigenvalue weighted by Crippen LogP contribution is 2.38. The van der Waals surface area contributed by atoms with E-state index in [0.29, 0.717) is 5.22 Å². The zero-order valence-corrected chi connectivity index (χ0v) is 11.9. The van der Waals surface area contributed by atoms with Gasteiger partial charge in [0.1, 0.15) is 16.3 Å². The van der Waals surface area contributed by atoms with E-state index in [1.54, 1.807) is 13.2 Å². The molecule has 4 heteroatoms. The van der Waals surface area contributed by atoms with Crippen molar-refractivity contribution in [1.82, 2.24) is 0 Å². The fraction of sp³-hybridized carbons (Fsp3) is 0.231. The summed E-state index contributed by atoms with van der Waals surface area (Å²) >= 11 is 9.38. The van der Waals surface area contributed by atoms with E-state index in [-0.39, 0.29) is 4.83 Å². The Hall–Kier alpha value is -0.930. The molecule has 1 aromatic heterocycles. The van der Waals surface area contributed by atoms with Gasteiger partial charge in [-0.05, 0) is 36.7 Å². The molecule has 1 heterocycles. The van der Waals surface area contributed by atoms with Crippen molar-refractivity contribution in [3.05, 3.63) is 52.4 Å². The van der Waals surface area contributed by atoms with E-state index in [1.165, 1.54) is 5.56 Å². The number of methoxy groups -OCH3 is 1. The monoisotopic (exact) mass is 314 g/mol. The van der Waals surface area contributed by atoms with E-state index in [2.05, 4.69) is 22.0 Å². The minimum atomic E-state index is -0.0650. The fourth-order valence-corrected chi connectivity index (χ4v) is 2.43. The Bertz CT molecular complexity index is 522. The molecule has 2 aromatic rings. The van der Waals surface area contributed by atoms with Gasteiger partial charge in [0.15, 0.2) is 5.22 Å². The lowest BCUT2D eigenvalue weighted by molar-refractivity contribution is 0.408. The number of rotatable bonds is 3. The van der Waals surface area contributed by atoms with Crippen LogP contribution in [0.1, 0.15) is 21.7 Å². The smallest absolute Gasteiger partial charge is 0.193 e. The SMILES string of the molecule is COc1ccc(C)cc1C(Br)c1ccc(Cl)o1. The first-order valence-corrected chi connectivity index (χ1v) is 6.45. The van der Waals surface area contributed by atoms with Crippen LogP contribution in [-0.2, 0) is 0 Å². The molecule has 17 heavy (non-hydrogen) atoms. The molecule has 2 nitrogen and oxygen atoms in total. The predicted molar refractivity (Wildman–Crippen MR) is 72.2 cm³/mol. The molecule has 90 valence electrons. The number of alkyl halides is 1. The maximum absolute atomic E-state index is 5.78. The average molecular weight is 316 g/mol. The normalized spacial score (nSPS) is 12.5. The van der Waals surface area contributed by atoms with E-state index in [9.17, 15) is 0 Å². The van der Waals surface area contributed by atoms with E-state index in [4.69, 9.17) is 20.8 Å². The van der Waals surface area contributed by atoms with Crippen LogP contribution in [0.15, 0.2) is 34.7 Å². The molecule has 1 atom stereocenters. The number of hydrogen-bond donors (Lipinski definition) is 0. The molecule has 0 radical (unpaired) electrons. The van der Waals surface area contributed by atoms with Gasteiger partial charge in [0.05, 0.1) is 7.11 Å². The quantitative estimate of drug-likeness (QED) is 0.764. The zero-order valence-electron chi connectivity index (χ0n) is 9.54. The largest absolute Gasteiger partial charge is 0.496 e. The summed E-state index contributed by atoms with van der Waals surface area (Å²) in [6.45, 7) is 2.04. The lowest BCUT2D eigenvalue weighted by Gasteiger charge is -2.13. The molecule has 1 aromatic carbocycles. The van der Waals surface area contributed by atoms with Crippen molar-refractivity contribution in [1.29, 1.82) is 0 Å². The van der Waals surface area contributed by atoms with Crippen LogP contribution < -0.4 is 4.74 Å². The molecule has 0 amide bonds. The van der Waals surface area contributed by atoms with Gasteiger partial charge >= 0.3 is 0 Å². The average Bonchev–Trinajstić information content (AvgIpc) is 2.75. The van der Waals surface area contributed by atoms with Gasteiger partial charge in [-0.25, -0.2) is 0 Å². The number of aryl methyl sites for hydroxylation is 1. The van der Waals surface area contributed by atoms with Gasteiger partial charge in [0, 0.05) is 5.56 Å². The summed E-state index contributed by atoms with van der Waals surface area (Å²) in [4.78, 5) is -0.0650. The van der Waals surface area contributed by atoms with E-state index in [0.717, 1.165) is 17.1 Å². The maximum Gasteiger partial charge on any atom is 0.193 e. The van der Waals surface area contributed by atoms with Gasteiger partial charge in [-0.15, -0.1) is 0 Å². The number of ether oxygens (including phenoxy) is 1. The van der Waals surface area contributed by atoms with Gasteiger partial charge in [0.2, 0.25) is 0 Å². The summed E-state index contributed by atoms with van der Waals surface area (Å²) in [5, 5.41) is 0.385. The Morgan fingerprint density at radius 3 is 2.65 bits per heavy atom. The highest BCUT2D eigenvalue weighted by atomic mass is 79.9. The van der Waals surface area contributed by atoms with Crippen LogP contribution in [0.2, 0.25) is 5.22 Å². The first-order chi connectivity index (χ1) is 8.11. The maximum atomic E-state index is 5.78. The molecule has 2 rings (SSSR count). The predicted octanol–water partition coefficient (Wildman–Crippen LogP) is 4.73. The molecule has 0 bridgehead atoms. The molecule has 0 spiro atoms. The van der Waals surface area contributed by atoms with Crippen LogP contribution in [-0.4, -0.2) is 7.11 Å². The van der Waals surface area contributed by atoms with E-state index < -0.39 is 0 Å². The summed E-state index contributed by atoms with van der Waals surface area (Å²) in [7, 11) is 1.66. The number of hydrogen-bond acceptors (Lipinski definition) is 2. The molecule has 0 saturated heterocycles. The van der Waals surface area contributed by atoms with Crippen LogP contribution in [0.4, 0.5) is 0 Å². The van der Waals surface area contributed by atoms with Gasteiger partial charge < -0.3 is 9.15 Å². The Kier molecular flexibility index (Phi) is 3.79. The summed E-state index contributed by atoms with van der Waals surface area (Å²) in [5.74, 6) is 1.59. The lowest BCUT2D eigenvalue weighted by atomic mass is 10.1. The molecule has 0 N–H and O–H groups in total. The third-order valence-electron chi connectivity index (χ3n) is 2.50. The van der Waals surface area contributed by atoms with Gasteiger partial charge in [-0.3, -0.25) is 0 Å². The Balaban J connectivity index is 2.42. The van der Waals surface area contributed by atoms with Crippen molar-refractivity contribution in [2.24, 2.45) is 0 Å². The van der Waals surface area contributed by atoms with Crippen molar-refractivity contribution in [3.8, 4) is 5.75 Å². The van der Waals surface area contributed by atoms with Crippen molar-refractivity contribution in [2.45, 2.75) is 11.8 Å².